The number of halogens is 1. The molecule has 3 rings (SSSR count). The number of aliphatic imine (C=N–C) groups is 1. The molecule has 0 bridgehead atoms. The molecule has 0 radical (unpaired) electrons. The number of thiol groups is 1. The fourth-order valence-electron chi connectivity index (χ4n) is 3.77. The van der Waals surface area contributed by atoms with Crippen LogP contribution in [0.1, 0.15) is 28.9 Å². The van der Waals surface area contributed by atoms with Crippen LogP contribution >= 0.6 is 12.6 Å². The predicted octanol–water partition coefficient (Wildman–Crippen LogP) is 1.99. The summed E-state index contributed by atoms with van der Waals surface area (Å²) >= 11 is 4.28. The van der Waals surface area contributed by atoms with E-state index in [0.717, 1.165) is 10.9 Å². The highest BCUT2D eigenvalue weighted by molar-refractivity contribution is 7.80. The van der Waals surface area contributed by atoms with Crippen molar-refractivity contribution in [1.29, 1.82) is 0 Å². The van der Waals surface area contributed by atoms with Gasteiger partial charge in [0, 0.05) is 29.7 Å². The molecule has 1 unspecified atom stereocenters. The number of amides is 2. The second kappa shape index (κ2) is 12.7. The van der Waals surface area contributed by atoms with Gasteiger partial charge < -0.3 is 31.5 Å². The summed E-state index contributed by atoms with van der Waals surface area (Å²) in [7, 11) is 0. The fraction of sp³-hybridized carbons (Fsp3) is 0.280. The normalized spacial score (nSPS) is 12.5. The van der Waals surface area contributed by atoms with Crippen molar-refractivity contribution in [2.45, 2.75) is 31.5 Å². The van der Waals surface area contributed by atoms with Gasteiger partial charge in [0.05, 0.1) is 6.04 Å². The summed E-state index contributed by atoms with van der Waals surface area (Å²) in [6, 6.07) is 12.9. The number of aldehydes is 1. The third-order valence-electron chi connectivity index (χ3n) is 5.62. The van der Waals surface area contributed by atoms with Crippen molar-refractivity contribution in [2.75, 3.05) is 12.3 Å². The fourth-order valence-corrected chi connectivity index (χ4v) is 4.02. The Labute approximate surface area is 213 Å². The lowest BCUT2D eigenvalue weighted by Crippen LogP contribution is -2.53. The van der Waals surface area contributed by atoms with Gasteiger partial charge in [-0.05, 0) is 42.7 Å². The van der Waals surface area contributed by atoms with E-state index in [4.69, 9.17) is 11.5 Å². The largest absolute Gasteiger partial charge is 0.370 e. The third kappa shape index (κ3) is 7.08. The predicted molar refractivity (Wildman–Crippen MR) is 140 cm³/mol. The first-order valence-corrected chi connectivity index (χ1v) is 12.0. The number of nitrogens with zero attached hydrogens (tertiary/aromatic N) is 2. The molecule has 0 aliphatic heterocycles. The van der Waals surface area contributed by atoms with Gasteiger partial charge in [-0.25, -0.2) is 4.39 Å². The Kier molecular flexibility index (Phi) is 9.46. The van der Waals surface area contributed by atoms with E-state index < -0.39 is 29.7 Å². The van der Waals surface area contributed by atoms with Crippen LogP contribution in [0.25, 0.3) is 10.9 Å². The van der Waals surface area contributed by atoms with E-state index in [0.29, 0.717) is 36.9 Å². The number of fused-ring (bicyclic) bond motifs is 1. The van der Waals surface area contributed by atoms with E-state index in [9.17, 15) is 18.8 Å². The molecule has 6 N–H and O–H groups in total. The summed E-state index contributed by atoms with van der Waals surface area (Å²) < 4.78 is 13.4. The van der Waals surface area contributed by atoms with Gasteiger partial charge in [-0.15, -0.1) is 0 Å². The zero-order valence-corrected chi connectivity index (χ0v) is 20.5. The van der Waals surface area contributed by atoms with E-state index in [-0.39, 0.29) is 18.3 Å². The molecule has 2 aromatic carbocycles. The molecule has 0 fully saturated rings. The molecule has 0 aliphatic rings. The van der Waals surface area contributed by atoms with Crippen molar-refractivity contribution < 1.29 is 18.8 Å². The first kappa shape index (κ1) is 26.7. The molecule has 1 heterocycles. The average molecular weight is 513 g/mol. The number of para-hydroxylation sites is 1. The maximum Gasteiger partial charge on any atom is 0.268 e. The summed E-state index contributed by atoms with van der Waals surface area (Å²) in [4.78, 5) is 46.8. The maximum absolute atomic E-state index is 13.6. The second-order valence-electron chi connectivity index (χ2n) is 8.22. The number of carbonyl (C=O) groups excluding carboxylic acids is 3. The monoisotopic (exact) mass is 512 g/mol. The number of aromatic nitrogens is 1. The lowest BCUT2D eigenvalue weighted by Gasteiger charge is -2.31. The van der Waals surface area contributed by atoms with Crippen LogP contribution < -0.4 is 16.8 Å². The van der Waals surface area contributed by atoms with Gasteiger partial charge in [-0.1, -0.05) is 30.3 Å². The number of nitrogens with two attached hydrogens (primary N) is 2. The molecule has 190 valence electrons. The minimum absolute atomic E-state index is 0.00426. The third-order valence-corrected chi connectivity index (χ3v) is 5.98. The molecule has 2 amide bonds. The maximum atomic E-state index is 13.6. The quantitative estimate of drug-likeness (QED) is 0.0828. The van der Waals surface area contributed by atoms with Crippen molar-refractivity contribution in [2.24, 2.45) is 16.5 Å². The Hall–Kier alpha value is -3.86. The summed E-state index contributed by atoms with van der Waals surface area (Å²) in [6.45, 7) is 0.329. The number of rotatable bonds is 12. The van der Waals surface area contributed by atoms with Crippen molar-refractivity contribution in [3.05, 3.63) is 71.7 Å². The SMILES string of the molecule is NC(N)=NCCC[C@@H](C=O)N(Cc1ccc(F)cc1)C(=O)C(CS)NC(=O)c1cc2ccccc2[nH]1. The molecular weight excluding hydrogens is 483 g/mol. The van der Waals surface area contributed by atoms with Gasteiger partial charge in [0.25, 0.3) is 5.91 Å². The Morgan fingerprint density at radius 2 is 1.89 bits per heavy atom. The molecule has 0 aliphatic carbocycles. The molecule has 9 nitrogen and oxygen atoms in total. The van der Waals surface area contributed by atoms with Crippen LogP contribution in [-0.4, -0.2) is 58.3 Å². The van der Waals surface area contributed by atoms with Crippen LogP contribution in [0.5, 0.6) is 0 Å². The van der Waals surface area contributed by atoms with Gasteiger partial charge in [-0.2, -0.15) is 12.6 Å². The van der Waals surface area contributed by atoms with Gasteiger partial charge in [0.2, 0.25) is 5.91 Å². The Morgan fingerprint density at radius 3 is 2.53 bits per heavy atom. The number of benzene rings is 2. The first-order chi connectivity index (χ1) is 17.3. The minimum atomic E-state index is -1.01. The highest BCUT2D eigenvalue weighted by Crippen LogP contribution is 2.17. The van der Waals surface area contributed by atoms with Crippen molar-refractivity contribution in [1.82, 2.24) is 15.2 Å². The number of nitrogens with one attached hydrogen (secondary N) is 2. The number of hydrogen-bond acceptors (Lipinski definition) is 5. The zero-order valence-electron chi connectivity index (χ0n) is 19.6. The second-order valence-corrected chi connectivity index (χ2v) is 8.59. The van der Waals surface area contributed by atoms with E-state index in [2.05, 4.69) is 27.9 Å². The molecular formula is C25H29FN6O3S. The summed E-state index contributed by atoms with van der Waals surface area (Å²) in [5, 5.41) is 3.57. The van der Waals surface area contributed by atoms with Crippen LogP contribution in [0.15, 0.2) is 59.6 Å². The topological polar surface area (TPSA) is 147 Å². The number of hydrogen-bond donors (Lipinski definition) is 5. The minimum Gasteiger partial charge on any atom is -0.370 e. The molecule has 0 saturated carbocycles. The van der Waals surface area contributed by atoms with Crippen molar-refractivity contribution in [3.8, 4) is 0 Å². The van der Waals surface area contributed by atoms with Gasteiger partial charge >= 0.3 is 0 Å². The van der Waals surface area contributed by atoms with Crippen molar-refractivity contribution in [3.63, 3.8) is 0 Å². The van der Waals surface area contributed by atoms with Crippen molar-refractivity contribution >= 4 is 47.6 Å². The van der Waals surface area contributed by atoms with E-state index >= 15 is 0 Å². The highest BCUT2D eigenvalue weighted by Gasteiger charge is 2.30. The van der Waals surface area contributed by atoms with E-state index in [1.807, 2.05) is 24.3 Å². The molecule has 0 spiro atoms. The highest BCUT2D eigenvalue weighted by atomic mass is 32.1. The molecule has 0 saturated heterocycles. The Balaban J connectivity index is 1.80. The smallest absolute Gasteiger partial charge is 0.268 e. The van der Waals surface area contributed by atoms with Crippen LogP contribution in [0, 0.1) is 5.82 Å². The molecule has 36 heavy (non-hydrogen) atoms. The standard InChI is InChI=1S/C25H29FN6O3S/c26-18-9-7-16(8-10-18)13-32(19(14-33)5-3-11-29-25(27)28)24(35)22(15-36)31-23(34)21-12-17-4-1-2-6-20(17)30-21/h1-2,4,6-10,12,14,19,22,30,36H,3,5,11,13,15H2,(H,31,34)(H4,27,28,29)/t19-,22?/m0/s1. The summed E-state index contributed by atoms with van der Waals surface area (Å²) in [6.07, 6.45) is 1.41. The van der Waals surface area contributed by atoms with Crippen LogP contribution in [0.4, 0.5) is 4.39 Å². The summed E-state index contributed by atoms with van der Waals surface area (Å²) in [5.74, 6) is -1.44. The molecule has 2 atom stereocenters. The van der Waals surface area contributed by atoms with E-state index in [1.165, 1.54) is 29.2 Å². The van der Waals surface area contributed by atoms with E-state index in [1.54, 1.807) is 6.07 Å². The summed E-state index contributed by atoms with van der Waals surface area (Å²) in [5.41, 5.74) is 12.4. The van der Waals surface area contributed by atoms with Crippen LogP contribution in [0.3, 0.4) is 0 Å². The van der Waals surface area contributed by atoms with Gasteiger partial charge in [0.15, 0.2) is 5.96 Å². The van der Waals surface area contributed by atoms with Gasteiger partial charge in [-0.3, -0.25) is 14.6 Å². The zero-order chi connectivity index (χ0) is 26.1. The number of aromatic amines is 1. The van der Waals surface area contributed by atoms with Gasteiger partial charge in [0.1, 0.15) is 23.8 Å². The number of H-pyrrole nitrogens is 1. The number of guanidine groups is 1. The average Bonchev–Trinajstić information content (AvgIpc) is 3.31. The molecule has 1 aromatic heterocycles. The van der Waals surface area contributed by atoms with Crippen LogP contribution in [0.2, 0.25) is 0 Å². The Bertz CT molecular complexity index is 1190. The lowest BCUT2D eigenvalue weighted by atomic mass is 10.1. The molecule has 3 aromatic rings. The number of carbonyl (C=O) groups is 3. The van der Waals surface area contributed by atoms with Crippen LogP contribution in [-0.2, 0) is 16.1 Å². The lowest BCUT2D eigenvalue weighted by molar-refractivity contribution is -0.138. The molecule has 11 heteroatoms. The first-order valence-electron chi connectivity index (χ1n) is 11.4. The Morgan fingerprint density at radius 1 is 1.17 bits per heavy atom.